The van der Waals surface area contributed by atoms with Crippen LogP contribution < -0.4 is 0 Å². The Morgan fingerprint density at radius 3 is 2.45 bits per heavy atom. The van der Waals surface area contributed by atoms with Crippen LogP contribution in [0.2, 0.25) is 0 Å². The molecule has 2 nitrogen and oxygen atoms in total. The highest BCUT2D eigenvalue weighted by Crippen LogP contribution is 2.76. The Kier molecular flexibility index (Phi) is 2.62. The molecule has 4 aliphatic rings. The van der Waals surface area contributed by atoms with E-state index in [0.29, 0.717) is 29.8 Å². The molecule has 4 rings (SSSR count). The highest BCUT2D eigenvalue weighted by Gasteiger charge is 2.72. The average Bonchev–Trinajstić information content (AvgIpc) is 2.50. The molecule has 0 aromatic carbocycles. The van der Waals surface area contributed by atoms with Crippen LogP contribution in [0.3, 0.4) is 0 Å². The normalized spacial score (nSPS) is 49.4. The first-order valence-corrected chi connectivity index (χ1v) is 8.92. The van der Waals surface area contributed by atoms with Crippen LogP contribution in [-0.2, 0) is 9.59 Å². The van der Waals surface area contributed by atoms with Crippen molar-refractivity contribution in [2.45, 2.75) is 66.7 Å². The van der Waals surface area contributed by atoms with E-state index in [1.807, 2.05) is 0 Å². The van der Waals surface area contributed by atoms with Crippen LogP contribution in [0, 0.1) is 34.0 Å². The summed E-state index contributed by atoms with van der Waals surface area (Å²) in [5, 5.41) is 0. The third-order valence-corrected chi connectivity index (χ3v) is 8.55. The van der Waals surface area contributed by atoms with Crippen LogP contribution in [0.25, 0.3) is 0 Å². The van der Waals surface area contributed by atoms with Crippen molar-refractivity contribution < 1.29 is 9.59 Å². The molecule has 2 bridgehead atoms. The molecule has 0 aromatic heterocycles. The summed E-state index contributed by atoms with van der Waals surface area (Å²) in [4.78, 5) is 25.0. The summed E-state index contributed by atoms with van der Waals surface area (Å²) in [6.07, 6.45) is 4.70. The van der Waals surface area contributed by atoms with E-state index in [-0.39, 0.29) is 22.2 Å². The number of hydrogen-bond acceptors (Lipinski definition) is 2. The Morgan fingerprint density at radius 2 is 1.82 bits per heavy atom. The van der Waals surface area contributed by atoms with E-state index in [0.717, 1.165) is 31.3 Å². The Balaban J connectivity index is 1.93. The number of fused-ring (bicyclic) bond motifs is 3. The maximum Gasteiger partial charge on any atom is 0.160 e. The Hall–Kier alpha value is -0.920. The summed E-state index contributed by atoms with van der Waals surface area (Å²) in [6, 6.07) is 0. The predicted molar refractivity (Wildman–Crippen MR) is 86.3 cm³/mol. The lowest BCUT2D eigenvalue weighted by atomic mass is 9.45. The van der Waals surface area contributed by atoms with Gasteiger partial charge in [0, 0.05) is 29.7 Å². The number of rotatable bonds is 0. The lowest BCUT2D eigenvalue weighted by molar-refractivity contribution is -0.148. The van der Waals surface area contributed by atoms with Gasteiger partial charge in [-0.2, -0.15) is 0 Å². The highest BCUT2D eigenvalue weighted by atomic mass is 16.1. The van der Waals surface area contributed by atoms with Crippen LogP contribution in [0.5, 0.6) is 0 Å². The van der Waals surface area contributed by atoms with Crippen molar-refractivity contribution >= 4 is 11.6 Å². The summed E-state index contributed by atoms with van der Waals surface area (Å²) in [5.74, 6) is 2.00. The Bertz CT molecular complexity index is 626. The molecule has 0 saturated heterocycles. The van der Waals surface area contributed by atoms with Gasteiger partial charge >= 0.3 is 0 Å². The van der Waals surface area contributed by atoms with Crippen molar-refractivity contribution in [1.29, 1.82) is 0 Å². The third-order valence-electron chi connectivity index (χ3n) is 8.55. The van der Waals surface area contributed by atoms with Gasteiger partial charge in [-0.3, -0.25) is 9.59 Å². The molecule has 0 unspecified atom stereocenters. The largest absolute Gasteiger partial charge is 0.299 e. The van der Waals surface area contributed by atoms with Crippen molar-refractivity contribution in [2.75, 3.05) is 0 Å². The molecular formula is C20H28O2. The van der Waals surface area contributed by atoms with Gasteiger partial charge < -0.3 is 0 Å². The zero-order valence-electron chi connectivity index (χ0n) is 14.6. The van der Waals surface area contributed by atoms with Crippen molar-refractivity contribution in [3.8, 4) is 0 Å². The van der Waals surface area contributed by atoms with Gasteiger partial charge in [-0.15, -0.1) is 0 Å². The van der Waals surface area contributed by atoms with Gasteiger partial charge in [-0.1, -0.05) is 33.3 Å². The average molecular weight is 300 g/mol. The fourth-order valence-corrected chi connectivity index (χ4v) is 7.33. The molecule has 0 aliphatic heterocycles. The van der Waals surface area contributed by atoms with Gasteiger partial charge in [0.15, 0.2) is 5.78 Å². The highest BCUT2D eigenvalue weighted by molar-refractivity contribution is 6.05. The van der Waals surface area contributed by atoms with E-state index >= 15 is 0 Å². The van der Waals surface area contributed by atoms with Crippen LogP contribution >= 0.6 is 0 Å². The van der Waals surface area contributed by atoms with Gasteiger partial charge in [0.1, 0.15) is 5.78 Å². The van der Waals surface area contributed by atoms with E-state index in [1.54, 1.807) is 0 Å². The molecule has 3 saturated carbocycles. The molecular weight excluding hydrogens is 272 g/mol. The number of Topliss-reactive ketones (excluding diaryl/α,β-unsaturated/α-hetero) is 2. The Labute approximate surface area is 133 Å². The SMILES string of the molecule is CC1=C2C(=O)C[C@@]2(C)[C@@H]2C[C@@H]3CC(=O)[C@@H](C)[C@@]2(CC1)C3(C)C. The van der Waals surface area contributed by atoms with Crippen LogP contribution in [-0.4, -0.2) is 11.6 Å². The molecule has 3 fully saturated rings. The first-order chi connectivity index (χ1) is 10.2. The summed E-state index contributed by atoms with van der Waals surface area (Å²) in [5.41, 5.74) is 2.77. The molecule has 5 atom stereocenters. The van der Waals surface area contributed by atoms with Gasteiger partial charge in [-0.05, 0) is 48.9 Å². The number of ketones is 2. The Morgan fingerprint density at radius 1 is 1.14 bits per heavy atom. The fraction of sp³-hybridized carbons (Fsp3) is 0.800. The molecule has 4 aliphatic carbocycles. The quantitative estimate of drug-likeness (QED) is 0.667. The summed E-state index contributed by atoms with van der Waals surface area (Å²) >= 11 is 0. The molecule has 2 heteroatoms. The van der Waals surface area contributed by atoms with Crippen LogP contribution in [0.1, 0.15) is 66.7 Å². The van der Waals surface area contributed by atoms with E-state index in [1.165, 1.54) is 5.57 Å². The zero-order valence-corrected chi connectivity index (χ0v) is 14.6. The van der Waals surface area contributed by atoms with Crippen LogP contribution in [0.4, 0.5) is 0 Å². The van der Waals surface area contributed by atoms with Gasteiger partial charge in [0.2, 0.25) is 0 Å². The molecule has 22 heavy (non-hydrogen) atoms. The minimum Gasteiger partial charge on any atom is -0.299 e. The van der Waals surface area contributed by atoms with E-state index in [4.69, 9.17) is 0 Å². The van der Waals surface area contributed by atoms with Gasteiger partial charge in [0.05, 0.1) is 0 Å². The van der Waals surface area contributed by atoms with Crippen molar-refractivity contribution in [1.82, 2.24) is 0 Å². The number of carbonyl (C=O) groups excluding carboxylic acids is 2. The first kappa shape index (κ1) is 14.7. The maximum absolute atomic E-state index is 12.7. The first-order valence-electron chi connectivity index (χ1n) is 8.92. The maximum atomic E-state index is 12.7. The summed E-state index contributed by atoms with van der Waals surface area (Å²) in [7, 11) is 0. The molecule has 0 aromatic rings. The molecule has 0 amide bonds. The molecule has 0 heterocycles. The second kappa shape index (κ2) is 3.94. The smallest absolute Gasteiger partial charge is 0.160 e. The van der Waals surface area contributed by atoms with Crippen molar-refractivity contribution in [3.63, 3.8) is 0 Å². The number of hydrogen-bond donors (Lipinski definition) is 0. The van der Waals surface area contributed by atoms with E-state index in [2.05, 4.69) is 34.6 Å². The third kappa shape index (κ3) is 1.31. The van der Waals surface area contributed by atoms with Crippen molar-refractivity contribution in [3.05, 3.63) is 11.1 Å². The van der Waals surface area contributed by atoms with Gasteiger partial charge in [0.25, 0.3) is 0 Å². The fourth-order valence-electron chi connectivity index (χ4n) is 7.33. The van der Waals surface area contributed by atoms with Crippen LogP contribution in [0.15, 0.2) is 11.1 Å². The second-order valence-corrected chi connectivity index (χ2v) is 9.31. The number of carbonyl (C=O) groups is 2. The lowest BCUT2D eigenvalue weighted by Gasteiger charge is -2.57. The monoisotopic (exact) mass is 300 g/mol. The van der Waals surface area contributed by atoms with E-state index < -0.39 is 0 Å². The minimum atomic E-state index is 0.0303. The standard InChI is InChI=1S/C20H28O2/c1-11-6-7-20-12(2)14(21)8-13(18(20,3)4)9-16(20)19(5)10-15(22)17(11)19/h12-13,16H,6-10H2,1-5H3/t12-,13+,16+,19+,20-/m1/s1. The van der Waals surface area contributed by atoms with E-state index in [9.17, 15) is 9.59 Å². The minimum absolute atomic E-state index is 0.0303. The zero-order chi connectivity index (χ0) is 16.1. The van der Waals surface area contributed by atoms with Crippen molar-refractivity contribution in [2.24, 2.45) is 34.0 Å². The molecule has 0 radical (unpaired) electrons. The van der Waals surface area contributed by atoms with Gasteiger partial charge in [-0.25, -0.2) is 0 Å². The molecule has 120 valence electrons. The topological polar surface area (TPSA) is 34.1 Å². The predicted octanol–water partition coefficient (Wildman–Crippen LogP) is 4.33. The molecule has 1 spiro atoms. The number of allylic oxidation sites excluding steroid dienone is 2. The summed E-state index contributed by atoms with van der Waals surface area (Å²) in [6.45, 7) is 11.5. The second-order valence-electron chi connectivity index (χ2n) is 9.31. The molecule has 0 N–H and O–H groups in total. The lowest BCUT2D eigenvalue weighted by Crippen LogP contribution is -2.56. The summed E-state index contributed by atoms with van der Waals surface area (Å²) < 4.78 is 0.